The molecule has 1 N–H and O–H groups in total. The molecule has 0 unspecified atom stereocenters. The Morgan fingerprint density at radius 2 is 1.64 bits per heavy atom. The summed E-state index contributed by atoms with van der Waals surface area (Å²) in [6.45, 7) is 6.28. The highest BCUT2D eigenvalue weighted by Gasteiger charge is 2.12. The summed E-state index contributed by atoms with van der Waals surface area (Å²) in [5.74, 6) is -0.644. The second-order valence-electron chi connectivity index (χ2n) is 4.85. The Morgan fingerprint density at radius 3 is 2.07 bits per heavy atom. The van der Waals surface area contributed by atoms with Crippen LogP contribution in [0.1, 0.15) is 52.9 Å². The van der Waals surface area contributed by atoms with Crippen molar-refractivity contribution in [2.45, 2.75) is 52.9 Å². The minimum absolute atomic E-state index is 0.0985. The van der Waals surface area contributed by atoms with Crippen LogP contribution >= 0.6 is 0 Å². The van der Waals surface area contributed by atoms with Gasteiger partial charge in [-0.05, 0) is 18.3 Å². The molecule has 14 heavy (non-hydrogen) atoms. The molecule has 82 valence electrons. The molecule has 0 fully saturated rings. The number of hydrogen-bond acceptors (Lipinski definition) is 2. The lowest BCUT2D eigenvalue weighted by Crippen LogP contribution is -2.09. The number of hydrogen-bond donors (Lipinski definition) is 1. The fraction of sp³-hybridized carbons (Fsp3) is 0.818. The third-order valence-electron chi connectivity index (χ3n) is 2.00. The van der Waals surface area contributed by atoms with Gasteiger partial charge in [0.25, 0.3) is 0 Å². The lowest BCUT2D eigenvalue weighted by molar-refractivity contribution is -0.137. The molecular formula is C11H20O3. The first kappa shape index (κ1) is 13.1. The van der Waals surface area contributed by atoms with E-state index in [0.29, 0.717) is 19.3 Å². The van der Waals surface area contributed by atoms with E-state index in [1.54, 1.807) is 0 Å². The molecule has 0 rings (SSSR count). The van der Waals surface area contributed by atoms with Crippen LogP contribution in [0.4, 0.5) is 0 Å². The fourth-order valence-electron chi connectivity index (χ4n) is 1.08. The summed E-state index contributed by atoms with van der Waals surface area (Å²) in [4.78, 5) is 21.5. The predicted octanol–water partition coefficient (Wildman–Crippen LogP) is 2.64. The molecular weight excluding hydrogens is 180 g/mol. The highest BCUT2D eigenvalue weighted by Crippen LogP contribution is 2.21. The van der Waals surface area contributed by atoms with Gasteiger partial charge in [0.15, 0.2) is 0 Å². The van der Waals surface area contributed by atoms with E-state index in [0.717, 1.165) is 6.42 Å². The van der Waals surface area contributed by atoms with E-state index in [1.807, 2.05) is 0 Å². The van der Waals surface area contributed by atoms with Crippen molar-refractivity contribution in [3.05, 3.63) is 0 Å². The molecule has 0 heterocycles. The van der Waals surface area contributed by atoms with Crippen LogP contribution in [0, 0.1) is 5.41 Å². The molecule has 0 aliphatic rings. The molecule has 0 saturated carbocycles. The molecule has 0 aliphatic heterocycles. The van der Waals surface area contributed by atoms with Crippen LogP contribution in [0.15, 0.2) is 0 Å². The Morgan fingerprint density at radius 1 is 1.07 bits per heavy atom. The van der Waals surface area contributed by atoms with Gasteiger partial charge in [-0.15, -0.1) is 0 Å². The Kier molecular flexibility index (Phi) is 5.43. The largest absolute Gasteiger partial charge is 0.481 e. The second kappa shape index (κ2) is 5.78. The van der Waals surface area contributed by atoms with Crippen molar-refractivity contribution in [2.24, 2.45) is 5.41 Å². The Bertz CT molecular complexity index is 201. The number of carboxylic acids is 1. The van der Waals surface area contributed by atoms with E-state index in [9.17, 15) is 9.59 Å². The Hall–Kier alpha value is -0.860. The average molecular weight is 200 g/mol. The summed E-state index contributed by atoms with van der Waals surface area (Å²) in [5, 5.41) is 8.37. The zero-order chi connectivity index (χ0) is 11.2. The Labute approximate surface area is 85.5 Å². The van der Waals surface area contributed by atoms with E-state index >= 15 is 0 Å². The van der Waals surface area contributed by atoms with Crippen LogP contribution in [0.5, 0.6) is 0 Å². The van der Waals surface area contributed by atoms with Gasteiger partial charge in [0.05, 0.1) is 0 Å². The van der Waals surface area contributed by atoms with Crippen molar-refractivity contribution in [1.82, 2.24) is 0 Å². The van der Waals surface area contributed by atoms with E-state index < -0.39 is 5.97 Å². The third kappa shape index (κ3) is 9.23. The number of carbonyl (C=O) groups excluding carboxylic acids is 1. The number of aliphatic carboxylic acids is 1. The minimum atomic E-state index is -0.825. The van der Waals surface area contributed by atoms with Crippen LogP contribution in [0.3, 0.4) is 0 Å². The van der Waals surface area contributed by atoms with Gasteiger partial charge >= 0.3 is 5.97 Å². The number of carboxylic acid groups (broad SMARTS) is 1. The smallest absolute Gasteiger partial charge is 0.303 e. The molecule has 0 bridgehead atoms. The maximum atomic E-state index is 11.3. The van der Waals surface area contributed by atoms with Gasteiger partial charge in [0.2, 0.25) is 0 Å². The summed E-state index contributed by atoms with van der Waals surface area (Å²) >= 11 is 0. The SMILES string of the molecule is CC(C)(C)CCC(=O)CCCC(=O)O. The first-order valence-corrected chi connectivity index (χ1v) is 5.05. The second-order valence-corrected chi connectivity index (χ2v) is 4.85. The summed E-state index contributed by atoms with van der Waals surface area (Å²) in [5.41, 5.74) is 0.183. The van der Waals surface area contributed by atoms with E-state index in [1.165, 1.54) is 0 Å². The minimum Gasteiger partial charge on any atom is -0.481 e. The number of Topliss-reactive ketones (excluding diaryl/α,β-unsaturated/α-hetero) is 1. The highest BCUT2D eigenvalue weighted by molar-refractivity contribution is 5.79. The third-order valence-corrected chi connectivity index (χ3v) is 2.00. The van der Waals surface area contributed by atoms with E-state index in [-0.39, 0.29) is 17.6 Å². The van der Waals surface area contributed by atoms with Crippen LogP contribution in [0.25, 0.3) is 0 Å². The topological polar surface area (TPSA) is 54.4 Å². The molecule has 0 aromatic carbocycles. The standard InChI is InChI=1S/C11H20O3/c1-11(2,3)8-7-9(12)5-4-6-10(13)14/h4-8H2,1-3H3,(H,13,14). The molecule has 0 aliphatic carbocycles. The summed E-state index contributed by atoms with van der Waals surface area (Å²) in [7, 11) is 0. The maximum Gasteiger partial charge on any atom is 0.303 e. The molecule has 0 amide bonds. The normalized spacial score (nSPS) is 11.4. The first-order valence-electron chi connectivity index (χ1n) is 5.05. The molecule has 3 heteroatoms. The monoisotopic (exact) mass is 200 g/mol. The molecule has 0 aromatic rings. The van der Waals surface area contributed by atoms with Crippen LogP contribution in [0.2, 0.25) is 0 Å². The van der Waals surface area contributed by atoms with Crippen LogP contribution in [-0.2, 0) is 9.59 Å². The molecule has 0 atom stereocenters. The van der Waals surface area contributed by atoms with Gasteiger partial charge in [-0.2, -0.15) is 0 Å². The van der Waals surface area contributed by atoms with Crippen molar-refractivity contribution >= 4 is 11.8 Å². The molecule has 3 nitrogen and oxygen atoms in total. The Balaban J connectivity index is 3.52. The van der Waals surface area contributed by atoms with Gasteiger partial charge in [-0.1, -0.05) is 20.8 Å². The van der Waals surface area contributed by atoms with Gasteiger partial charge in [-0.3, -0.25) is 9.59 Å². The summed E-state index contributed by atoms with van der Waals surface area (Å²) < 4.78 is 0. The van der Waals surface area contributed by atoms with Gasteiger partial charge in [0, 0.05) is 19.3 Å². The zero-order valence-corrected chi connectivity index (χ0v) is 9.30. The van der Waals surface area contributed by atoms with E-state index in [4.69, 9.17) is 5.11 Å². The summed E-state index contributed by atoms with van der Waals surface area (Å²) in [6.07, 6.45) is 2.42. The zero-order valence-electron chi connectivity index (χ0n) is 9.30. The predicted molar refractivity (Wildman–Crippen MR) is 55.2 cm³/mol. The number of ketones is 1. The van der Waals surface area contributed by atoms with Gasteiger partial charge < -0.3 is 5.11 Å². The van der Waals surface area contributed by atoms with Crippen molar-refractivity contribution in [3.63, 3.8) is 0 Å². The molecule has 0 spiro atoms. The molecule has 0 aromatic heterocycles. The number of carbonyl (C=O) groups is 2. The number of rotatable bonds is 6. The quantitative estimate of drug-likeness (QED) is 0.717. The van der Waals surface area contributed by atoms with Gasteiger partial charge in [-0.25, -0.2) is 0 Å². The van der Waals surface area contributed by atoms with Crippen LogP contribution in [-0.4, -0.2) is 16.9 Å². The maximum absolute atomic E-state index is 11.3. The lowest BCUT2D eigenvalue weighted by atomic mass is 9.89. The van der Waals surface area contributed by atoms with Crippen molar-refractivity contribution in [2.75, 3.05) is 0 Å². The molecule has 0 saturated heterocycles. The highest BCUT2D eigenvalue weighted by atomic mass is 16.4. The first-order chi connectivity index (χ1) is 6.31. The molecule has 0 radical (unpaired) electrons. The van der Waals surface area contributed by atoms with Crippen LogP contribution < -0.4 is 0 Å². The van der Waals surface area contributed by atoms with E-state index in [2.05, 4.69) is 20.8 Å². The van der Waals surface area contributed by atoms with Crippen molar-refractivity contribution in [3.8, 4) is 0 Å². The van der Waals surface area contributed by atoms with Crippen molar-refractivity contribution < 1.29 is 14.7 Å². The van der Waals surface area contributed by atoms with Gasteiger partial charge in [0.1, 0.15) is 5.78 Å². The lowest BCUT2D eigenvalue weighted by Gasteiger charge is -2.16. The average Bonchev–Trinajstić information content (AvgIpc) is 1.99. The summed E-state index contributed by atoms with van der Waals surface area (Å²) in [6, 6.07) is 0. The van der Waals surface area contributed by atoms with Crippen molar-refractivity contribution in [1.29, 1.82) is 0 Å². The fourth-order valence-corrected chi connectivity index (χ4v) is 1.08.